The van der Waals surface area contributed by atoms with E-state index >= 15 is 0 Å². The van der Waals surface area contributed by atoms with E-state index in [2.05, 4.69) is 25.5 Å². The Kier molecular flexibility index (Phi) is 3.70. The number of anilines is 2. The average molecular weight is 346 g/mol. The smallest absolute Gasteiger partial charge is 0.256 e. The highest BCUT2D eigenvalue weighted by molar-refractivity contribution is 6.07. The minimum atomic E-state index is -0.328. The summed E-state index contributed by atoms with van der Waals surface area (Å²) in [5.41, 5.74) is 8.43. The zero-order chi connectivity index (χ0) is 18.1. The average Bonchev–Trinajstić information content (AvgIpc) is 3.05. The number of phenols is 1. The van der Waals surface area contributed by atoms with E-state index in [0.717, 1.165) is 0 Å². The number of hydrogen-bond donors (Lipinski definition) is 4. The molecule has 0 spiro atoms. The van der Waals surface area contributed by atoms with Gasteiger partial charge in [-0.25, -0.2) is 9.97 Å². The van der Waals surface area contributed by atoms with Crippen LogP contribution in [0.5, 0.6) is 5.75 Å². The van der Waals surface area contributed by atoms with E-state index < -0.39 is 0 Å². The number of hydrogen-bond acceptors (Lipinski definition) is 6. The van der Waals surface area contributed by atoms with Crippen LogP contribution in [0.25, 0.3) is 22.4 Å². The number of aromatic nitrogens is 4. The van der Waals surface area contributed by atoms with Gasteiger partial charge in [0.2, 0.25) is 5.65 Å². The molecule has 0 aliphatic carbocycles. The van der Waals surface area contributed by atoms with Crippen LogP contribution in [0.15, 0.2) is 54.7 Å². The standard InChI is InChI=1S/C18H14N6O2/c19-11-7-5-10(6-8-11)18(26)22-17-15-16(23-24-17)20-9-13(21-15)12-3-1-2-4-14(12)25/h1-9,25H,19H2,(H2,20,22,23,24,26). The second-order valence-electron chi connectivity index (χ2n) is 5.62. The molecule has 4 aromatic rings. The van der Waals surface area contributed by atoms with Crippen LogP contribution in [0, 0.1) is 0 Å². The Morgan fingerprint density at radius 3 is 2.65 bits per heavy atom. The molecule has 0 aliphatic heterocycles. The van der Waals surface area contributed by atoms with Crippen LogP contribution in [0.4, 0.5) is 11.5 Å². The highest BCUT2D eigenvalue weighted by Gasteiger charge is 2.15. The molecule has 26 heavy (non-hydrogen) atoms. The third-order valence-electron chi connectivity index (χ3n) is 3.85. The molecule has 8 heteroatoms. The summed E-state index contributed by atoms with van der Waals surface area (Å²) < 4.78 is 0. The Bertz CT molecular complexity index is 1100. The number of H-pyrrole nitrogens is 1. The van der Waals surface area contributed by atoms with Crippen molar-refractivity contribution in [1.82, 2.24) is 20.2 Å². The van der Waals surface area contributed by atoms with E-state index in [1.165, 1.54) is 6.20 Å². The van der Waals surface area contributed by atoms with Gasteiger partial charge in [0.05, 0.1) is 11.9 Å². The molecule has 1 amide bonds. The summed E-state index contributed by atoms with van der Waals surface area (Å²) >= 11 is 0. The lowest BCUT2D eigenvalue weighted by molar-refractivity contribution is 0.102. The lowest BCUT2D eigenvalue weighted by Gasteiger charge is -2.05. The first-order valence-corrected chi connectivity index (χ1v) is 7.78. The molecule has 128 valence electrons. The lowest BCUT2D eigenvalue weighted by atomic mass is 10.1. The number of nitrogens with one attached hydrogen (secondary N) is 2. The Morgan fingerprint density at radius 2 is 1.88 bits per heavy atom. The molecule has 8 nitrogen and oxygen atoms in total. The fraction of sp³-hybridized carbons (Fsp3) is 0. The van der Waals surface area contributed by atoms with E-state index in [4.69, 9.17) is 5.73 Å². The van der Waals surface area contributed by atoms with Crippen molar-refractivity contribution in [3.8, 4) is 17.0 Å². The van der Waals surface area contributed by atoms with Gasteiger partial charge in [0.25, 0.3) is 5.91 Å². The molecule has 5 N–H and O–H groups in total. The minimum Gasteiger partial charge on any atom is -0.507 e. The van der Waals surface area contributed by atoms with E-state index in [0.29, 0.717) is 39.5 Å². The Hall–Kier alpha value is -3.94. The summed E-state index contributed by atoms with van der Waals surface area (Å²) in [5, 5.41) is 19.5. The van der Waals surface area contributed by atoms with Gasteiger partial charge in [-0.3, -0.25) is 9.89 Å². The zero-order valence-corrected chi connectivity index (χ0v) is 13.5. The SMILES string of the molecule is Nc1ccc(C(=O)Nc2[nH]nc3ncc(-c4ccccc4O)nc23)cc1. The van der Waals surface area contributed by atoms with Crippen molar-refractivity contribution < 1.29 is 9.90 Å². The lowest BCUT2D eigenvalue weighted by Crippen LogP contribution is -2.12. The minimum absolute atomic E-state index is 0.0945. The van der Waals surface area contributed by atoms with Crippen molar-refractivity contribution in [2.45, 2.75) is 0 Å². The van der Waals surface area contributed by atoms with Gasteiger partial charge in [-0.15, -0.1) is 0 Å². The van der Waals surface area contributed by atoms with Crippen molar-refractivity contribution in [2.75, 3.05) is 11.1 Å². The Labute approximate surface area is 147 Å². The molecule has 2 aromatic heterocycles. The van der Waals surface area contributed by atoms with Crippen LogP contribution < -0.4 is 11.1 Å². The van der Waals surface area contributed by atoms with Crippen LogP contribution in [0.3, 0.4) is 0 Å². The molecular weight excluding hydrogens is 332 g/mol. The summed E-state index contributed by atoms with van der Waals surface area (Å²) in [6.45, 7) is 0. The molecular formula is C18H14N6O2. The highest BCUT2D eigenvalue weighted by Crippen LogP contribution is 2.28. The van der Waals surface area contributed by atoms with Crippen molar-refractivity contribution >= 4 is 28.6 Å². The number of nitrogens with two attached hydrogens (primary N) is 1. The van der Waals surface area contributed by atoms with Gasteiger partial charge in [-0.1, -0.05) is 12.1 Å². The van der Waals surface area contributed by atoms with Crippen LogP contribution in [0.2, 0.25) is 0 Å². The third kappa shape index (κ3) is 2.80. The first kappa shape index (κ1) is 15.6. The summed E-state index contributed by atoms with van der Waals surface area (Å²) in [7, 11) is 0. The molecule has 4 rings (SSSR count). The Morgan fingerprint density at radius 1 is 1.12 bits per heavy atom. The molecule has 0 unspecified atom stereocenters. The highest BCUT2D eigenvalue weighted by atomic mass is 16.3. The normalized spacial score (nSPS) is 10.8. The summed E-state index contributed by atoms with van der Waals surface area (Å²) in [5.74, 6) is 0.0917. The van der Waals surface area contributed by atoms with Crippen LogP contribution in [-0.4, -0.2) is 31.2 Å². The topological polar surface area (TPSA) is 130 Å². The van der Waals surface area contributed by atoms with E-state index in [1.807, 2.05) is 0 Å². The number of benzene rings is 2. The maximum absolute atomic E-state index is 12.4. The van der Waals surface area contributed by atoms with Gasteiger partial charge >= 0.3 is 0 Å². The molecule has 2 heterocycles. The molecule has 2 aromatic carbocycles. The first-order valence-electron chi connectivity index (χ1n) is 7.78. The van der Waals surface area contributed by atoms with E-state index in [-0.39, 0.29) is 11.7 Å². The van der Waals surface area contributed by atoms with Crippen molar-refractivity contribution in [2.24, 2.45) is 0 Å². The fourth-order valence-electron chi connectivity index (χ4n) is 2.52. The maximum atomic E-state index is 12.4. The molecule has 0 aliphatic rings. The van der Waals surface area contributed by atoms with E-state index in [1.54, 1.807) is 48.5 Å². The number of phenolic OH excluding ortho intramolecular Hbond substituents is 1. The third-order valence-corrected chi connectivity index (χ3v) is 3.85. The second-order valence-corrected chi connectivity index (χ2v) is 5.62. The summed E-state index contributed by atoms with van der Waals surface area (Å²) in [6.07, 6.45) is 1.52. The van der Waals surface area contributed by atoms with E-state index in [9.17, 15) is 9.90 Å². The molecule has 0 radical (unpaired) electrons. The number of nitrogens with zero attached hydrogens (tertiary/aromatic N) is 3. The largest absolute Gasteiger partial charge is 0.507 e. The molecule has 0 fully saturated rings. The van der Waals surface area contributed by atoms with Crippen LogP contribution in [-0.2, 0) is 0 Å². The van der Waals surface area contributed by atoms with Gasteiger partial charge < -0.3 is 16.2 Å². The number of fused-ring (bicyclic) bond motifs is 1. The number of amides is 1. The van der Waals surface area contributed by atoms with Gasteiger partial charge in [-0.05, 0) is 36.4 Å². The molecule has 0 saturated heterocycles. The number of rotatable bonds is 3. The number of carbonyl (C=O) groups is 1. The number of nitrogen functional groups attached to an aromatic ring is 1. The number of aromatic hydroxyl groups is 1. The zero-order valence-electron chi connectivity index (χ0n) is 13.5. The first-order chi connectivity index (χ1) is 12.6. The van der Waals surface area contributed by atoms with Crippen molar-refractivity contribution in [3.63, 3.8) is 0 Å². The fourth-order valence-corrected chi connectivity index (χ4v) is 2.52. The van der Waals surface area contributed by atoms with Crippen LogP contribution >= 0.6 is 0 Å². The quantitative estimate of drug-likeness (QED) is 0.422. The predicted octanol–water partition coefficient (Wildman–Crippen LogP) is 2.56. The molecule has 0 saturated carbocycles. The molecule has 0 atom stereocenters. The molecule has 0 bridgehead atoms. The monoisotopic (exact) mass is 346 g/mol. The van der Waals surface area contributed by atoms with Gasteiger partial charge in [0.1, 0.15) is 5.75 Å². The number of carbonyl (C=O) groups excluding carboxylic acids is 1. The van der Waals surface area contributed by atoms with Gasteiger partial charge in [0.15, 0.2) is 11.3 Å². The van der Waals surface area contributed by atoms with Crippen molar-refractivity contribution in [3.05, 3.63) is 60.3 Å². The summed E-state index contributed by atoms with van der Waals surface area (Å²) in [6, 6.07) is 13.4. The van der Waals surface area contributed by atoms with Gasteiger partial charge in [0, 0.05) is 16.8 Å². The van der Waals surface area contributed by atoms with Crippen LogP contribution in [0.1, 0.15) is 10.4 Å². The summed E-state index contributed by atoms with van der Waals surface area (Å²) in [4.78, 5) is 21.1. The van der Waals surface area contributed by atoms with Gasteiger partial charge in [-0.2, -0.15) is 5.10 Å². The Balaban J connectivity index is 1.70. The second kappa shape index (κ2) is 6.17. The maximum Gasteiger partial charge on any atom is 0.256 e. The predicted molar refractivity (Wildman–Crippen MR) is 97.6 cm³/mol. The number of aromatic amines is 1. The number of para-hydroxylation sites is 1. The van der Waals surface area contributed by atoms with Crippen molar-refractivity contribution in [1.29, 1.82) is 0 Å².